The Bertz CT molecular complexity index is 459. The summed E-state index contributed by atoms with van der Waals surface area (Å²) in [7, 11) is 3.19. The van der Waals surface area contributed by atoms with Crippen molar-refractivity contribution in [1.29, 1.82) is 0 Å². The molecule has 0 unspecified atom stereocenters. The van der Waals surface area contributed by atoms with E-state index in [2.05, 4.69) is 0 Å². The maximum absolute atomic E-state index is 13.6. The van der Waals surface area contributed by atoms with Crippen molar-refractivity contribution in [2.75, 3.05) is 14.2 Å². The number of rotatable bonds is 3. The summed E-state index contributed by atoms with van der Waals surface area (Å²) < 4.78 is 24.2. The molecule has 0 saturated heterocycles. The van der Waals surface area contributed by atoms with E-state index in [4.69, 9.17) is 9.47 Å². The van der Waals surface area contributed by atoms with Crippen molar-refractivity contribution in [2.45, 2.75) is 12.2 Å². The van der Waals surface area contributed by atoms with Crippen molar-refractivity contribution in [2.24, 2.45) is 0 Å². The lowest BCUT2D eigenvalue weighted by molar-refractivity contribution is -0.167. The summed E-state index contributed by atoms with van der Waals surface area (Å²) >= 11 is 0. The van der Waals surface area contributed by atoms with E-state index in [1.165, 1.54) is 6.07 Å². The van der Waals surface area contributed by atoms with Crippen LogP contribution in [0.15, 0.2) is 42.5 Å². The van der Waals surface area contributed by atoms with Gasteiger partial charge >= 0.3 is 0 Å². The first kappa shape index (κ1) is 12.0. The van der Waals surface area contributed by atoms with Crippen LogP contribution in [-0.4, -0.2) is 20.0 Å². The predicted molar refractivity (Wildman–Crippen MR) is 64.9 cm³/mol. The summed E-state index contributed by atoms with van der Waals surface area (Å²) in [5.74, 6) is -0.930. The van der Waals surface area contributed by atoms with E-state index in [1.807, 2.05) is 24.3 Å². The molecule has 0 heterocycles. The maximum atomic E-state index is 13.6. The van der Waals surface area contributed by atoms with Crippen LogP contribution in [0, 0.1) is 5.82 Å². The first-order valence-corrected chi connectivity index (χ1v) is 5.45. The van der Waals surface area contributed by atoms with Crippen LogP contribution in [0.25, 0.3) is 5.57 Å². The molecule has 0 fully saturated rings. The van der Waals surface area contributed by atoms with Crippen LogP contribution < -0.4 is 0 Å². The Morgan fingerprint density at radius 1 is 1.18 bits per heavy atom. The molecule has 17 heavy (non-hydrogen) atoms. The Labute approximate surface area is 100 Å². The van der Waals surface area contributed by atoms with Crippen LogP contribution in [0.5, 0.6) is 0 Å². The highest BCUT2D eigenvalue weighted by atomic mass is 19.1. The smallest absolute Gasteiger partial charge is 0.190 e. The molecule has 90 valence electrons. The number of ether oxygens (including phenoxy) is 2. The van der Waals surface area contributed by atoms with Crippen LogP contribution in [0.4, 0.5) is 4.39 Å². The number of benzene rings is 1. The van der Waals surface area contributed by atoms with E-state index in [-0.39, 0.29) is 5.82 Å². The standard InChI is InChI=1S/C14H15FO2/c1-16-14(17-2)9-7-11(8-10-14)12-5-3-4-6-13(12)15/h3-9H,10H2,1-2H3. The third kappa shape index (κ3) is 2.30. The molecular weight excluding hydrogens is 219 g/mol. The minimum absolute atomic E-state index is 0.217. The normalized spacial score (nSPS) is 17.9. The Hall–Kier alpha value is -1.45. The Morgan fingerprint density at radius 3 is 2.41 bits per heavy atom. The lowest BCUT2D eigenvalue weighted by atomic mass is 9.96. The summed E-state index contributed by atoms with van der Waals surface area (Å²) in [5, 5.41) is 0. The lowest BCUT2D eigenvalue weighted by Crippen LogP contribution is -2.31. The molecule has 0 amide bonds. The minimum atomic E-state index is -0.714. The summed E-state index contributed by atoms with van der Waals surface area (Å²) in [5.41, 5.74) is 1.46. The molecule has 0 aromatic heterocycles. The summed E-state index contributed by atoms with van der Waals surface area (Å²) in [4.78, 5) is 0. The van der Waals surface area contributed by atoms with Crippen LogP contribution in [0.2, 0.25) is 0 Å². The van der Waals surface area contributed by atoms with Gasteiger partial charge in [-0.05, 0) is 17.7 Å². The Kier molecular flexibility index (Phi) is 3.41. The van der Waals surface area contributed by atoms with Gasteiger partial charge in [0, 0.05) is 26.2 Å². The molecule has 0 atom stereocenters. The number of allylic oxidation sites excluding steroid dienone is 2. The fourth-order valence-corrected chi connectivity index (χ4v) is 1.89. The van der Waals surface area contributed by atoms with Gasteiger partial charge in [-0.2, -0.15) is 0 Å². The molecule has 0 saturated carbocycles. The van der Waals surface area contributed by atoms with Crippen molar-refractivity contribution in [3.63, 3.8) is 0 Å². The minimum Gasteiger partial charge on any atom is -0.349 e. The molecule has 1 aromatic carbocycles. The van der Waals surface area contributed by atoms with E-state index >= 15 is 0 Å². The lowest BCUT2D eigenvalue weighted by Gasteiger charge is -2.29. The van der Waals surface area contributed by atoms with Crippen molar-refractivity contribution < 1.29 is 13.9 Å². The number of halogens is 1. The quantitative estimate of drug-likeness (QED) is 0.748. The fraction of sp³-hybridized carbons (Fsp3) is 0.286. The number of methoxy groups -OCH3 is 2. The molecule has 2 nitrogen and oxygen atoms in total. The zero-order chi connectivity index (χ0) is 12.3. The van der Waals surface area contributed by atoms with Gasteiger partial charge in [-0.3, -0.25) is 0 Å². The van der Waals surface area contributed by atoms with E-state index < -0.39 is 5.79 Å². The highest BCUT2D eigenvalue weighted by Gasteiger charge is 2.27. The number of hydrogen-bond acceptors (Lipinski definition) is 2. The number of hydrogen-bond donors (Lipinski definition) is 0. The van der Waals surface area contributed by atoms with Crippen LogP contribution in [0.1, 0.15) is 12.0 Å². The SMILES string of the molecule is COC1(OC)C=CC(c2ccccc2F)=CC1. The van der Waals surface area contributed by atoms with Crippen molar-refractivity contribution in [3.05, 3.63) is 53.9 Å². The van der Waals surface area contributed by atoms with Crippen LogP contribution in [-0.2, 0) is 9.47 Å². The third-order valence-electron chi connectivity index (χ3n) is 3.00. The largest absolute Gasteiger partial charge is 0.349 e. The van der Waals surface area contributed by atoms with E-state index in [0.717, 1.165) is 5.57 Å². The summed E-state index contributed by atoms with van der Waals surface area (Å²) in [6.45, 7) is 0. The summed E-state index contributed by atoms with van der Waals surface area (Å²) in [6.07, 6.45) is 6.13. The molecule has 0 bridgehead atoms. The molecule has 0 N–H and O–H groups in total. The second-order valence-electron chi connectivity index (χ2n) is 3.90. The molecule has 3 heteroatoms. The van der Waals surface area contributed by atoms with Gasteiger partial charge in [0.15, 0.2) is 5.79 Å². The van der Waals surface area contributed by atoms with Crippen molar-refractivity contribution >= 4 is 5.57 Å². The average Bonchev–Trinajstić information content (AvgIpc) is 2.40. The third-order valence-corrected chi connectivity index (χ3v) is 3.00. The maximum Gasteiger partial charge on any atom is 0.190 e. The fourth-order valence-electron chi connectivity index (χ4n) is 1.89. The monoisotopic (exact) mass is 234 g/mol. The molecule has 0 radical (unpaired) electrons. The first-order chi connectivity index (χ1) is 8.21. The molecule has 1 aromatic rings. The highest BCUT2D eigenvalue weighted by molar-refractivity contribution is 5.75. The second kappa shape index (κ2) is 4.82. The van der Waals surface area contributed by atoms with Gasteiger partial charge in [-0.25, -0.2) is 4.39 Å². The van der Waals surface area contributed by atoms with Crippen LogP contribution >= 0.6 is 0 Å². The second-order valence-corrected chi connectivity index (χ2v) is 3.90. The molecule has 0 aliphatic heterocycles. The van der Waals surface area contributed by atoms with Crippen molar-refractivity contribution in [3.8, 4) is 0 Å². The van der Waals surface area contributed by atoms with Gasteiger partial charge in [0.2, 0.25) is 0 Å². The highest BCUT2D eigenvalue weighted by Crippen LogP contribution is 2.30. The molecule has 2 rings (SSSR count). The molecule has 1 aliphatic carbocycles. The Balaban J connectivity index is 2.26. The topological polar surface area (TPSA) is 18.5 Å². The molecular formula is C14H15FO2. The zero-order valence-corrected chi connectivity index (χ0v) is 9.94. The van der Waals surface area contributed by atoms with Crippen molar-refractivity contribution in [1.82, 2.24) is 0 Å². The molecule has 0 spiro atoms. The van der Waals surface area contributed by atoms with Gasteiger partial charge in [0.1, 0.15) is 5.82 Å². The van der Waals surface area contributed by atoms with E-state index in [9.17, 15) is 4.39 Å². The van der Waals surface area contributed by atoms with Crippen LogP contribution in [0.3, 0.4) is 0 Å². The Morgan fingerprint density at radius 2 is 1.88 bits per heavy atom. The first-order valence-electron chi connectivity index (χ1n) is 5.45. The predicted octanol–water partition coefficient (Wildman–Crippen LogP) is 3.16. The van der Waals surface area contributed by atoms with Gasteiger partial charge in [0.05, 0.1) is 0 Å². The van der Waals surface area contributed by atoms with Gasteiger partial charge in [-0.15, -0.1) is 0 Å². The van der Waals surface area contributed by atoms with Gasteiger partial charge < -0.3 is 9.47 Å². The zero-order valence-electron chi connectivity index (χ0n) is 9.94. The van der Waals surface area contributed by atoms with Gasteiger partial charge in [0.25, 0.3) is 0 Å². The van der Waals surface area contributed by atoms with E-state index in [0.29, 0.717) is 12.0 Å². The molecule has 1 aliphatic rings. The van der Waals surface area contributed by atoms with Gasteiger partial charge in [-0.1, -0.05) is 30.4 Å². The summed E-state index contributed by atoms with van der Waals surface area (Å²) in [6, 6.07) is 6.72. The van der Waals surface area contributed by atoms with E-state index in [1.54, 1.807) is 26.4 Å². The average molecular weight is 234 g/mol.